The SMILES string of the molecule is Cc1ccc(-c2nc3ccccc3s2)cc1NC(=S)NC(=O)C=Cc1ccco1. The highest BCUT2D eigenvalue weighted by atomic mass is 32.1. The average molecular weight is 420 g/mol. The van der Waals surface area contributed by atoms with Crippen LogP contribution in [0, 0.1) is 6.92 Å². The molecule has 0 aliphatic carbocycles. The van der Waals surface area contributed by atoms with Crippen LogP contribution in [0.4, 0.5) is 5.69 Å². The van der Waals surface area contributed by atoms with E-state index >= 15 is 0 Å². The first-order valence-corrected chi connectivity index (χ1v) is 10.1. The van der Waals surface area contributed by atoms with E-state index in [2.05, 4.69) is 16.7 Å². The minimum atomic E-state index is -0.334. The number of amides is 1. The van der Waals surface area contributed by atoms with Crippen molar-refractivity contribution in [2.24, 2.45) is 0 Å². The van der Waals surface area contributed by atoms with Gasteiger partial charge in [0.15, 0.2) is 5.11 Å². The molecular weight excluding hydrogens is 402 g/mol. The van der Waals surface area contributed by atoms with Crippen molar-refractivity contribution in [3.8, 4) is 10.6 Å². The molecule has 0 bridgehead atoms. The number of aromatic nitrogens is 1. The van der Waals surface area contributed by atoms with Gasteiger partial charge in [-0.1, -0.05) is 24.3 Å². The number of rotatable bonds is 4. The molecule has 2 aromatic heterocycles. The number of benzene rings is 2. The molecule has 4 aromatic rings. The van der Waals surface area contributed by atoms with E-state index in [1.54, 1.807) is 35.8 Å². The number of fused-ring (bicyclic) bond motifs is 1. The topological polar surface area (TPSA) is 67.2 Å². The van der Waals surface area contributed by atoms with Gasteiger partial charge in [0.1, 0.15) is 10.8 Å². The van der Waals surface area contributed by atoms with Crippen LogP contribution in [0.1, 0.15) is 11.3 Å². The summed E-state index contributed by atoms with van der Waals surface area (Å²) < 4.78 is 6.30. The predicted molar refractivity (Wildman–Crippen MR) is 122 cm³/mol. The van der Waals surface area contributed by atoms with Crippen LogP contribution in [-0.4, -0.2) is 16.0 Å². The summed E-state index contributed by atoms with van der Waals surface area (Å²) >= 11 is 6.93. The van der Waals surface area contributed by atoms with Gasteiger partial charge in [0, 0.05) is 17.3 Å². The summed E-state index contributed by atoms with van der Waals surface area (Å²) in [5.41, 5.74) is 3.81. The van der Waals surface area contributed by atoms with E-state index in [0.717, 1.165) is 32.0 Å². The molecule has 7 heteroatoms. The Morgan fingerprint density at radius 2 is 2.03 bits per heavy atom. The van der Waals surface area contributed by atoms with E-state index < -0.39 is 0 Å². The van der Waals surface area contributed by atoms with E-state index in [9.17, 15) is 4.79 Å². The summed E-state index contributed by atoms with van der Waals surface area (Å²) in [7, 11) is 0. The molecule has 0 unspecified atom stereocenters. The van der Waals surface area contributed by atoms with E-state index in [4.69, 9.17) is 21.6 Å². The summed E-state index contributed by atoms with van der Waals surface area (Å²) in [4.78, 5) is 16.7. The standard InChI is InChI=1S/C22H17N3O2S2/c1-14-8-9-15(21-23-17-6-2-3-7-19(17)29-21)13-18(14)24-22(28)25-20(26)11-10-16-5-4-12-27-16/h2-13H,1H3,(H2,24,25,26,28). The Bertz CT molecular complexity index is 1180. The first kappa shape index (κ1) is 19.0. The minimum absolute atomic E-state index is 0.226. The van der Waals surface area contributed by atoms with Gasteiger partial charge in [-0.3, -0.25) is 10.1 Å². The molecule has 0 saturated heterocycles. The zero-order valence-corrected chi connectivity index (χ0v) is 17.1. The number of hydrogen-bond donors (Lipinski definition) is 2. The molecule has 4 rings (SSSR count). The fraction of sp³-hybridized carbons (Fsp3) is 0.0455. The Labute approximate surface area is 177 Å². The van der Waals surface area contributed by atoms with Gasteiger partial charge in [-0.25, -0.2) is 4.98 Å². The van der Waals surface area contributed by atoms with Crippen LogP contribution < -0.4 is 10.6 Å². The Hall–Kier alpha value is -3.29. The molecule has 0 spiro atoms. The number of para-hydroxylation sites is 1. The highest BCUT2D eigenvalue weighted by Gasteiger charge is 2.10. The molecule has 0 fully saturated rings. The first-order chi connectivity index (χ1) is 14.1. The number of aryl methyl sites for hydroxylation is 1. The third kappa shape index (κ3) is 4.59. The van der Waals surface area contributed by atoms with Crippen LogP contribution in [0.15, 0.2) is 71.4 Å². The lowest BCUT2D eigenvalue weighted by Gasteiger charge is -2.12. The molecule has 2 N–H and O–H groups in total. The van der Waals surface area contributed by atoms with E-state index in [0.29, 0.717) is 5.76 Å². The van der Waals surface area contributed by atoms with Crippen molar-refractivity contribution in [2.75, 3.05) is 5.32 Å². The van der Waals surface area contributed by atoms with Crippen LogP contribution >= 0.6 is 23.6 Å². The molecule has 0 aliphatic rings. The maximum absolute atomic E-state index is 12.0. The Balaban J connectivity index is 1.47. The quantitative estimate of drug-likeness (QED) is 0.343. The van der Waals surface area contributed by atoms with Crippen LogP contribution in [0.3, 0.4) is 0 Å². The maximum atomic E-state index is 12.0. The molecule has 5 nitrogen and oxygen atoms in total. The Morgan fingerprint density at radius 1 is 1.17 bits per heavy atom. The third-order valence-corrected chi connectivity index (χ3v) is 5.50. The van der Waals surface area contributed by atoms with E-state index in [-0.39, 0.29) is 11.0 Å². The number of carbonyl (C=O) groups is 1. The first-order valence-electron chi connectivity index (χ1n) is 8.88. The van der Waals surface area contributed by atoms with Crippen molar-refractivity contribution >= 4 is 56.6 Å². The third-order valence-electron chi connectivity index (χ3n) is 4.21. The van der Waals surface area contributed by atoms with Gasteiger partial charge in [0.25, 0.3) is 0 Å². The van der Waals surface area contributed by atoms with Crippen molar-refractivity contribution in [3.63, 3.8) is 0 Å². The molecule has 2 heterocycles. The number of thiocarbonyl (C=S) groups is 1. The number of furan rings is 1. The van der Waals surface area contributed by atoms with Crippen molar-refractivity contribution in [1.82, 2.24) is 10.3 Å². The van der Waals surface area contributed by atoms with Gasteiger partial charge in [0.2, 0.25) is 5.91 Å². The van der Waals surface area contributed by atoms with Gasteiger partial charge in [-0.05, 0) is 61.1 Å². The maximum Gasteiger partial charge on any atom is 0.250 e. The molecule has 0 atom stereocenters. The van der Waals surface area contributed by atoms with Gasteiger partial charge in [-0.2, -0.15) is 0 Å². The van der Waals surface area contributed by atoms with Gasteiger partial charge >= 0.3 is 0 Å². The Morgan fingerprint density at radius 3 is 2.83 bits per heavy atom. The fourth-order valence-electron chi connectivity index (χ4n) is 2.74. The molecule has 144 valence electrons. The van der Waals surface area contributed by atoms with Gasteiger partial charge in [-0.15, -0.1) is 11.3 Å². The Kier molecular flexibility index (Phi) is 5.50. The highest BCUT2D eigenvalue weighted by molar-refractivity contribution is 7.80. The lowest BCUT2D eigenvalue weighted by Crippen LogP contribution is -2.33. The lowest BCUT2D eigenvalue weighted by atomic mass is 10.1. The zero-order valence-electron chi connectivity index (χ0n) is 15.5. The van der Waals surface area contributed by atoms with E-state index in [1.165, 1.54) is 6.08 Å². The number of hydrogen-bond acceptors (Lipinski definition) is 5. The second kappa shape index (κ2) is 8.38. The molecule has 1 amide bonds. The highest BCUT2D eigenvalue weighted by Crippen LogP contribution is 2.32. The molecule has 29 heavy (non-hydrogen) atoms. The number of nitrogens with zero attached hydrogens (tertiary/aromatic N) is 1. The van der Waals surface area contributed by atoms with Crippen LogP contribution in [0.25, 0.3) is 26.9 Å². The number of nitrogens with one attached hydrogen (secondary N) is 2. The zero-order chi connectivity index (χ0) is 20.2. The van der Waals surface area contributed by atoms with Crippen LogP contribution in [0.5, 0.6) is 0 Å². The number of carbonyl (C=O) groups excluding carboxylic acids is 1. The largest absolute Gasteiger partial charge is 0.465 e. The van der Waals surface area contributed by atoms with Crippen LogP contribution in [0.2, 0.25) is 0 Å². The molecular formula is C22H17N3O2S2. The normalized spacial score (nSPS) is 11.1. The summed E-state index contributed by atoms with van der Waals surface area (Å²) in [6, 6.07) is 17.6. The molecule has 2 aromatic carbocycles. The summed E-state index contributed by atoms with van der Waals surface area (Å²) in [6.07, 6.45) is 4.50. The molecule has 0 aliphatic heterocycles. The second-order valence-corrected chi connectivity index (χ2v) is 7.75. The minimum Gasteiger partial charge on any atom is -0.465 e. The van der Waals surface area contributed by atoms with Crippen molar-refractivity contribution < 1.29 is 9.21 Å². The monoisotopic (exact) mass is 419 g/mol. The van der Waals surface area contributed by atoms with Gasteiger partial charge < -0.3 is 9.73 Å². The van der Waals surface area contributed by atoms with E-state index in [1.807, 2.05) is 43.3 Å². The molecule has 0 radical (unpaired) electrons. The summed E-state index contributed by atoms with van der Waals surface area (Å²) in [5.74, 6) is 0.261. The smallest absolute Gasteiger partial charge is 0.250 e. The van der Waals surface area contributed by atoms with Crippen LogP contribution in [-0.2, 0) is 4.79 Å². The summed E-state index contributed by atoms with van der Waals surface area (Å²) in [6.45, 7) is 1.98. The van der Waals surface area contributed by atoms with Crippen molar-refractivity contribution in [1.29, 1.82) is 0 Å². The van der Waals surface area contributed by atoms with Crippen molar-refractivity contribution in [2.45, 2.75) is 6.92 Å². The summed E-state index contributed by atoms with van der Waals surface area (Å²) in [5, 5.41) is 6.90. The van der Waals surface area contributed by atoms with Crippen molar-refractivity contribution in [3.05, 3.63) is 78.3 Å². The lowest BCUT2D eigenvalue weighted by molar-refractivity contribution is -0.115. The number of thiazole rings is 1. The van der Waals surface area contributed by atoms with Gasteiger partial charge in [0.05, 0.1) is 16.5 Å². The molecule has 0 saturated carbocycles. The average Bonchev–Trinajstić information content (AvgIpc) is 3.37. The predicted octanol–water partition coefficient (Wildman–Crippen LogP) is 5.39. The number of anilines is 1. The second-order valence-electron chi connectivity index (χ2n) is 6.31. The fourth-order valence-corrected chi connectivity index (χ4v) is 3.91.